The summed E-state index contributed by atoms with van der Waals surface area (Å²) in [6.45, 7) is 5.19. The summed E-state index contributed by atoms with van der Waals surface area (Å²) in [7, 11) is 0.717. The number of hydrogen-bond acceptors (Lipinski definition) is 8. The molecule has 0 aliphatic carbocycles. The molecule has 5 rings (SSSR count). The van der Waals surface area contributed by atoms with E-state index in [9.17, 15) is 8.42 Å². The van der Waals surface area contributed by atoms with Gasteiger partial charge in [-0.1, -0.05) is 48.9 Å². The molecule has 0 saturated carbocycles. The Kier molecular flexibility index (Phi) is 8.83. The lowest BCUT2D eigenvalue weighted by Gasteiger charge is -2.33. The number of halogens is 1. The number of likely N-dealkylation sites (tertiary alicyclic amines) is 1. The molecule has 1 atom stereocenters. The number of allylic oxidation sites excluding steroid dienone is 1. The van der Waals surface area contributed by atoms with Crippen LogP contribution < -0.4 is 14.5 Å². The second-order valence-corrected chi connectivity index (χ2v) is 13.1. The third-order valence-corrected chi connectivity index (χ3v) is 9.56. The summed E-state index contributed by atoms with van der Waals surface area (Å²) in [6, 6.07) is 12.9. The number of sulfone groups is 1. The summed E-state index contributed by atoms with van der Waals surface area (Å²) in [6.07, 6.45) is 5.34. The predicted molar refractivity (Wildman–Crippen MR) is 163 cm³/mol. The summed E-state index contributed by atoms with van der Waals surface area (Å²) in [4.78, 5) is 16.3. The first-order valence-electron chi connectivity index (χ1n) is 14.0. The number of fused-ring (bicyclic) bond motifs is 2. The molecule has 10 heteroatoms. The minimum Gasteiger partial charge on any atom is -0.462 e. The second-order valence-electron chi connectivity index (χ2n) is 10.7. The summed E-state index contributed by atoms with van der Waals surface area (Å²) >= 11 is 6.66. The molecule has 3 aromatic rings. The molecule has 214 valence electrons. The summed E-state index contributed by atoms with van der Waals surface area (Å²) < 4.78 is 31.2. The molecule has 0 spiro atoms. The van der Waals surface area contributed by atoms with Gasteiger partial charge in [-0.3, -0.25) is 0 Å². The highest BCUT2D eigenvalue weighted by Gasteiger charge is 2.27. The lowest BCUT2D eigenvalue weighted by atomic mass is 10.0. The molecule has 2 aliphatic heterocycles. The van der Waals surface area contributed by atoms with E-state index in [-0.39, 0.29) is 5.75 Å². The molecule has 1 aromatic heterocycles. The fourth-order valence-electron chi connectivity index (χ4n) is 5.56. The average molecular weight is 584 g/mol. The van der Waals surface area contributed by atoms with E-state index >= 15 is 0 Å². The van der Waals surface area contributed by atoms with Crippen LogP contribution in [0.5, 0.6) is 6.01 Å². The van der Waals surface area contributed by atoms with Gasteiger partial charge in [-0.25, -0.2) is 8.42 Å². The lowest BCUT2D eigenvalue weighted by Crippen LogP contribution is -2.35. The van der Waals surface area contributed by atoms with Gasteiger partial charge in [-0.05, 0) is 56.8 Å². The molecule has 2 aliphatic rings. The zero-order chi connectivity index (χ0) is 28.3. The Balaban J connectivity index is 1.45. The van der Waals surface area contributed by atoms with Crippen LogP contribution in [-0.4, -0.2) is 75.4 Å². The summed E-state index contributed by atoms with van der Waals surface area (Å²) in [5.41, 5.74) is 3.01. The fourth-order valence-corrected chi connectivity index (χ4v) is 6.98. The van der Waals surface area contributed by atoms with Gasteiger partial charge in [0.15, 0.2) is 9.84 Å². The fraction of sp³-hybridized carbons (Fsp3) is 0.467. The van der Waals surface area contributed by atoms with E-state index in [0.717, 1.165) is 70.9 Å². The van der Waals surface area contributed by atoms with Gasteiger partial charge in [-0.2, -0.15) is 9.97 Å². The standard InChI is InChI=1S/C30H38ClN5O3S/c1-4-5-18-40(37,38)19-17-35(3)29-24-14-16-36(27-13-7-10-22-9-6-12-25(31)28(22)27)20-26(24)32-30(33-29)39-21-23-11-8-15-34(23)2/h5-7,9-10,12-13,18,23H,4,8,11,14-17,19-21H2,1-3H3/b18-5+/t23-/m0/s1. The van der Waals surface area contributed by atoms with Gasteiger partial charge in [0.05, 0.1) is 23.0 Å². The molecule has 0 N–H and O–H groups in total. The number of hydrogen-bond donors (Lipinski definition) is 0. The van der Waals surface area contributed by atoms with Crippen LogP contribution in [0.25, 0.3) is 10.8 Å². The second kappa shape index (κ2) is 12.3. The highest BCUT2D eigenvalue weighted by atomic mass is 35.5. The molecule has 1 saturated heterocycles. The van der Waals surface area contributed by atoms with Crippen molar-refractivity contribution in [1.82, 2.24) is 14.9 Å². The zero-order valence-corrected chi connectivity index (χ0v) is 25.1. The molecule has 40 heavy (non-hydrogen) atoms. The van der Waals surface area contributed by atoms with Crippen LogP contribution in [0, 0.1) is 0 Å². The van der Waals surface area contributed by atoms with Crippen molar-refractivity contribution in [2.75, 3.05) is 55.9 Å². The number of aromatic nitrogens is 2. The van der Waals surface area contributed by atoms with E-state index in [4.69, 9.17) is 26.3 Å². The maximum atomic E-state index is 12.5. The van der Waals surface area contributed by atoms with E-state index < -0.39 is 9.84 Å². The van der Waals surface area contributed by atoms with Gasteiger partial charge in [0.25, 0.3) is 0 Å². The number of anilines is 2. The number of rotatable bonds is 10. The number of likely N-dealkylation sites (N-methyl/N-ethyl adjacent to an activating group) is 1. The van der Waals surface area contributed by atoms with Crippen molar-refractivity contribution < 1.29 is 13.2 Å². The van der Waals surface area contributed by atoms with E-state index in [0.29, 0.717) is 38.2 Å². The first-order valence-corrected chi connectivity index (χ1v) is 16.1. The molecule has 3 heterocycles. The third-order valence-electron chi connectivity index (χ3n) is 7.88. The smallest absolute Gasteiger partial charge is 0.318 e. The first-order chi connectivity index (χ1) is 19.3. The van der Waals surface area contributed by atoms with Crippen LogP contribution in [-0.2, 0) is 22.8 Å². The molecule has 8 nitrogen and oxygen atoms in total. The van der Waals surface area contributed by atoms with Crippen molar-refractivity contribution in [3.63, 3.8) is 0 Å². The minimum atomic E-state index is -3.30. The normalized spacial score (nSPS) is 18.0. The van der Waals surface area contributed by atoms with Crippen LogP contribution >= 0.6 is 11.6 Å². The summed E-state index contributed by atoms with van der Waals surface area (Å²) in [5.74, 6) is 0.757. The van der Waals surface area contributed by atoms with Gasteiger partial charge >= 0.3 is 6.01 Å². The van der Waals surface area contributed by atoms with E-state index in [1.807, 2.05) is 31.0 Å². The van der Waals surface area contributed by atoms with Crippen molar-refractivity contribution in [2.45, 2.75) is 45.2 Å². The summed E-state index contributed by atoms with van der Waals surface area (Å²) in [5, 5.41) is 4.18. The Bertz CT molecular complexity index is 1490. The SMILES string of the molecule is CC/C=C/S(=O)(=O)CCN(C)c1nc(OC[C@@H]2CCCN2C)nc2c1CCN(c1cccc3cccc(Cl)c13)C2. The molecule has 0 bridgehead atoms. The Morgan fingerprint density at radius 2 is 1.98 bits per heavy atom. The van der Waals surface area contributed by atoms with Crippen LogP contribution in [0.1, 0.15) is 37.4 Å². The molecule has 1 fully saturated rings. The van der Waals surface area contributed by atoms with E-state index in [2.05, 4.69) is 41.1 Å². The third kappa shape index (κ3) is 6.37. The largest absolute Gasteiger partial charge is 0.462 e. The molecular weight excluding hydrogens is 546 g/mol. The molecule has 2 aromatic carbocycles. The van der Waals surface area contributed by atoms with Crippen LogP contribution in [0.4, 0.5) is 11.5 Å². The van der Waals surface area contributed by atoms with Gasteiger partial charge in [0.1, 0.15) is 12.4 Å². The number of nitrogens with zero attached hydrogens (tertiary/aromatic N) is 5. The van der Waals surface area contributed by atoms with Crippen LogP contribution in [0.15, 0.2) is 47.9 Å². The Labute approximate surface area is 242 Å². The Morgan fingerprint density at radius 1 is 1.18 bits per heavy atom. The predicted octanol–water partition coefficient (Wildman–Crippen LogP) is 5.09. The maximum absolute atomic E-state index is 12.5. The van der Waals surface area contributed by atoms with Crippen LogP contribution in [0.3, 0.4) is 0 Å². The van der Waals surface area contributed by atoms with Gasteiger partial charge < -0.3 is 19.4 Å². The van der Waals surface area contributed by atoms with Crippen molar-refractivity contribution >= 4 is 43.7 Å². The highest BCUT2D eigenvalue weighted by Crippen LogP contribution is 2.36. The Hall–Kier alpha value is -2.88. The quantitative estimate of drug-likeness (QED) is 0.326. The van der Waals surface area contributed by atoms with Gasteiger partial charge in [0, 0.05) is 48.2 Å². The van der Waals surface area contributed by atoms with Gasteiger partial charge in [0.2, 0.25) is 0 Å². The minimum absolute atomic E-state index is 0.0163. The van der Waals surface area contributed by atoms with Crippen molar-refractivity contribution in [3.8, 4) is 6.01 Å². The lowest BCUT2D eigenvalue weighted by molar-refractivity contribution is 0.187. The van der Waals surface area contributed by atoms with E-state index in [1.165, 1.54) is 5.41 Å². The maximum Gasteiger partial charge on any atom is 0.318 e. The number of ether oxygens (including phenoxy) is 1. The monoisotopic (exact) mass is 583 g/mol. The molecule has 0 amide bonds. The van der Waals surface area contributed by atoms with Gasteiger partial charge in [-0.15, -0.1) is 0 Å². The molecular formula is C30H38ClN5O3S. The van der Waals surface area contributed by atoms with E-state index in [1.54, 1.807) is 6.08 Å². The zero-order valence-electron chi connectivity index (χ0n) is 23.5. The average Bonchev–Trinajstić information content (AvgIpc) is 3.37. The number of benzene rings is 2. The van der Waals surface area contributed by atoms with Crippen LogP contribution in [0.2, 0.25) is 5.02 Å². The van der Waals surface area contributed by atoms with Crippen molar-refractivity contribution in [3.05, 3.63) is 64.2 Å². The highest BCUT2D eigenvalue weighted by molar-refractivity contribution is 7.94. The topological polar surface area (TPSA) is 78.9 Å². The molecule has 0 unspecified atom stereocenters. The first kappa shape index (κ1) is 28.6. The Morgan fingerprint density at radius 3 is 2.73 bits per heavy atom. The van der Waals surface area contributed by atoms with Crippen molar-refractivity contribution in [2.24, 2.45) is 0 Å². The molecule has 0 radical (unpaired) electrons. The van der Waals surface area contributed by atoms with Crippen molar-refractivity contribution in [1.29, 1.82) is 0 Å².